The average molecular weight is 406 g/mol. The Balaban J connectivity index is 2.49. The summed E-state index contributed by atoms with van der Waals surface area (Å²) in [4.78, 5) is 46.6. The Kier molecular flexibility index (Phi) is 10.4. The van der Waals surface area contributed by atoms with Gasteiger partial charge in [0.05, 0.1) is 13.1 Å². The van der Waals surface area contributed by atoms with Crippen LogP contribution in [0.15, 0.2) is 24.3 Å². The van der Waals surface area contributed by atoms with Crippen molar-refractivity contribution >= 4 is 29.9 Å². The third-order valence-corrected chi connectivity index (χ3v) is 3.92. The molecule has 1 atom stereocenters. The Morgan fingerprint density at radius 1 is 1.00 bits per heavy atom. The first kappa shape index (κ1) is 24.1. The topological polar surface area (TPSA) is 126 Å². The molecule has 1 unspecified atom stereocenters. The van der Waals surface area contributed by atoms with Crippen molar-refractivity contribution in [3.63, 3.8) is 0 Å². The van der Waals surface area contributed by atoms with Crippen LogP contribution in [-0.4, -0.2) is 49.4 Å². The first-order chi connectivity index (χ1) is 13.7. The summed E-state index contributed by atoms with van der Waals surface area (Å²) in [7, 11) is 0. The van der Waals surface area contributed by atoms with Crippen molar-refractivity contribution in [1.82, 2.24) is 16.0 Å². The summed E-state index contributed by atoms with van der Waals surface area (Å²) >= 11 is 0. The molecule has 3 amide bonds. The highest BCUT2D eigenvalue weighted by Gasteiger charge is 2.24. The summed E-state index contributed by atoms with van der Waals surface area (Å²) in [6, 6.07) is 6.19. The molecule has 9 heteroatoms. The number of hydrogen-bond acceptors (Lipinski definition) is 6. The van der Waals surface area contributed by atoms with Gasteiger partial charge in [-0.3, -0.25) is 19.2 Å². The van der Waals surface area contributed by atoms with Gasteiger partial charge in [-0.05, 0) is 23.6 Å². The number of carbonyl (C=O) groups excluding carboxylic acids is 4. The maximum Gasteiger partial charge on any atom is 0.293 e. The molecular formula is C20H30N4O5. The quantitative estimate of drug-likeness (QED) is 0.376. The first-order valence-electron chi connectivity index (χ1n) is 9.47. The predicted octanol–water partition coefficient (Wildman–Crippen LogP) is 0.553. The van der Waals surface area contributed by atoms with Crippen molar-refractivity contribution in [3.8, 4) is 0 Å². The molecule has 1 aromatic rings. The number of ether oxygens (including phenoxy) is 1. The van der Waals surface area contributed by atoms with Crippen LogP contribution < -0.4 is 21.3 Å². The van der Waals surface area contributed by atoms with Crippen LogP contribution in [0.4, 0.5) is 5.69 Å². The fourth-order valence-electron chi connectivity index (χ4n) is 2.35. The van der Waals surface area contributed by atoms with E-state index in [0.29, 0.717) is 12.2 Å². The van der Waals surface area contributed by atoms with E-state index in [-0.39, 0.29) is 37.6 Å². The standard InChI is InChI=1S/C20H30N4O5/c1-13(2)19(24-18(27)9-21-14(3)4)20(28)22-10-17(26)23-16-7-5-15(6-8-16)11-29-12-25/h5-8,12-14,19,21H,9-11H2,1-4H3,(H,22,28)(H,23,26)(H,24,27). The van der Waals surface area contributed by atoms with Gasteiger partial charge >= 0.3 is 0 Å². The zero-order valence-electron chi connectivity index (χ0n) is 17.3. The van der Waals surface area contributed by atoms with E-state index >= 15 is 0 Å². The lowest BCUT2D eigenvalue weighted by Crippen LogP contribution is -2.52. The zero-order chi connectivity index (χ0) is 21.8. The number of carbonyl (C=O) groups is 4. The van der Waals surface area contributed by atoms with Gasteiger partial charge in [0.2, 0.25) is 17.7 Å². The second-order valence-corrected chi connectivity index (χ2v) is 7.19. The number of anilines is 1. The molecule has 29 heavy (non-hydrogen) atoms. The lowest BCUT2D eigenvalue weighted by molar-refractivity contribution is -0.130. The third kappa shape index (κ3) is 9.70. The lowest BCUT2D eigenvalue weighted by Gasteiger charge is -2.22. The Hall–Kier alpha value is -2.94. The van der Waals surface area contributed by atoms with Crippen molar-refractivity contribution in [2.45, 2.75) is 46.4 Å². The van der Waals surface area contributed by atoms with E-state index in [1.54, 1.807) is 24.3 Å². The Labute approximate surface area is 170 Å². The second kappa shape index (κ2) is 12.5. The fraction of sp³-hybridized carbons (Fsp3) is 0.500. The maximum absolute atomic E-state index is 12.4. The van der Waals surface area contributed by atoms with Gasteiger partial charge in [0, 0.05) is 11.7 Å². The summed E-state index contributed by atoms with van der Waals surface area (Å²) in [6.07, 6.45) is 0. The number of benzene rings is 1. The van der Waals surface area contributed by atoms with Crippen LogP contribution in [0.25, 0.3) is 0 Å². The minimum Gasteiger partial charge on any atom is -0.463 e. The third-order valence-electron chi connectivity index (χ3n) is 3.92. The van der Waals surface area contributed by atoms with Gasteiger partial charge in [0.25, 0.3) is 6.47 Å². The Morgan fingerprint density at radius 2 is 1.66 bits per heavy atom. The zero-order valence-corrected chi connectivity index (χ0v) is 17.3. The molecule has 0 heterocycles. The van der Waals surface area contributed by atoms with Crippen LogP contribution in [-0.2, 0) is 30.5 Å². The van der Waals surface area contributed by atoms with Crippen LogP contribution in [0, 0.1) is 5.92 Å². The van der Waals surface area contributed by atoms with Crippen molar-refractivity contribution in [2.75, 3.05) is 18.4 Å². The van der Waals surface area contributed by atoms with E-state index in [0.717, 1.165) is 5.56 Å². The van der Waals surface area contributed by atoms with E-state index in [1.165, 1.54) is 0 Å². The molecule has 0 aliphatic carbocycles. The molecule has 0 aliphatic heterocycles. The molecule has 0 saturated heterocycles. The van der Waals surface area contributed by atoms with Crippen LogP contribution in [0.5, 0.6) is 0 Å². The maximum atomic E-state index is 12.4. The van der Waals surface area contributed by atoms with Crippen LogP contribution in [0.3, 0.4) is 0 Å². The van der Waals surface area contributed by atoms with E-state index < -0.39 is 17.9 Å². The van der Waals surface area contributed by atoms with Gasteiger partial charge in [-0.25, -0.2) is 0 Å². The second-order valence-electron chi connectivity index (χ2n) is 7.19. The van der Waals surface area contributed by atoms with Gasteiger partial charge < -0.3 is 26.0 Å². The number of nitrogens with one attached hydrogen (secondary N) is 4. The monoisotopic (exact) mass is 406 g/mol. The molecule has 0 fully saturated rings. The summed E-state index contributed by atoms with van der Waals surface area (Å²) < 4.78 is 4.65. The molecule has 160 valence electrons. The molecule has 0 aliphatic rings. The largest absolute Gasteiger partial charge is 0.463 e. The minimum absolute atomic E-state index is 0.114. The lowest BCUT2D eigenvalue weighted by atomic mass is 10.0. The van der Waals surface area contributed by atoms with Crippen LogP contribution >= 0.6 is 0 Å². The molecule has 1 aromatic carbocycles. The highest BCUT2D eigenvalue weighted by Crippen LogP contribution is 2.10. The summed E-state index contributed by atoms with van der Waals surface area (Å²) in [5.41, 5.74) is 1.33. The highest BCUT2D eigenvalue weighted by atomic mass is 16.5. The van der Waals surface area contributed by atoms with Gasteiger partial charge in [-0.15, -0.1) is 0 Å². The van der Waals surface area contributed by atoms with Crippen LogP contribution in [0.1, 0.15) is 33.3 Å². The number of rotatable bonds is 12. The Morgan fingerprint density at radius 3 is 2.21 bits per heavy atom. The summed E-state index contributed by atoms with van der Waals surface area (Å²) in [6.45, 7) is 7.89. The fourth-order valence-corrected chi connectivity index (χ4v) is 2.35. The smallest absolute Gasteiger partial charge is 0.293 e. The number of amides is 3. The minimum atomic E-state index is -0.735. The molecule has 0 bridgehead atoms. The van der Waals surface area contributed by atoms with Gasteiger partial charge in [0.1, 0.15) is 12.6 Å². The Bertz CT molecular complexity index is 689. The molecule has 0 aromatic heterocycles. The SMILES string of the molecule is CC(C)NCC(=O)NC(C(=O)NCC(=O)Nc1ccc(COC=O)cc1)C(C)C. The van der Waals surface area contributed by atoms with Gasteiger partial charge in [-0.1, -0.05) is 39.8 Å². The van der Waals surface area contributed by atoms with Crippen molar-refractivity contribution in [3.05, 3.63) is 29.8 Å². The van der Waals surface area contributed by atoms with E-state index in [2.05, 4.69) is 26.0 Å². The van der Waals surface area contributed by atoms with Gasteiger partial charge in [0.15, 0.2) is 0 Å². The van der Waals surface area contributed by atoms with E-state index in [9.17, 15) is 19.2 Å². The molecule has 9 nitrogen and oxygen atoms in total. The first-order valence-corrected chi connectivity index (χ1v) is 9.47. The molecular weight excluding hydrogens is 376 g/mol. The summed E-state index contributed by atoms with van der Waals surface area (Å²) in [5.74, 6) is -1.24. The normalized spacial score (nSPS) is 11.7. The molecule has 1 rings (SSSR count). The van der Waals surface area contributed by atoms with E-state index in [4.69, 9.17) is 0 Å². The molecule has 0 radical (unpaired) electrons. The number of hydrogen-bond donors (Lipinski definition) is 4. The highest BCUT2D eigenvalue weighted by molar-refractivity contribution is 5.96. The van der Waals surface area contributed by atoms with Crippen molar-refractivity contribution < 1.29 is 23.9 Å². The van der Waals surface area contributed by atoms with Crippen molar-refractivity contribution in [2.24, 2.45) is 5.92 Å². The van der Waals surface area contributed by atoms with Crippen molar-refractivity contribution in [1.29, 1.82) is 0 Å². The van der Waals surface area contributed by atoms with Gasteiger partial charge in [-0.2, -0.15) is 0 Å². The molecule has 0 spiro atoms. The van der Waals surface area contributed by atoms with Crippen LogP contribution in [0.2, 0.25) is 0 Å². The average Bonchev–Trinajstić information content (AvgIpc) is 2.67. The molecule has 4 N–H and O–H groups in total. The summed E-state index contributed by atoms with van der Waals surface area (Å²) in [5, 5.41) is 10.9. The molecule has 0 saturated carbocycles. The van der Waals surface area contributed by atoms with E-state index in [1.807, 2.05) is 27.7 Å². The predicted molar refractivity (Wildman–Crippen MR) is 109 cm³/mol.